The van der Waals surface area contributed by atoms with Crippen LogP contribution in [0.15, 0.2) is 18.2 Å². The van der Waals surface area contributed by atoms with Gasteiger partial charge in [-0.2, -0.15) is 0 Å². The SMILES string of the molecule is COC(=O)C1CCc2c(c(OC(=O)C(C)(C)C)c3c(OC)c4cccc(OC)c4c(OC)c3c2O)C1. The van der Waals surface area contributed by atoms with Crippen LogP contribution in [-0.2, 0) is 27.2 Å². The fourth-order valence-electron chi connectivity index (χ4n) is 4.93. The van der Waals surface area contributed by atoms with E-state index in [1.165, 1.54) is 21.3 Å². The fourth-order valence-corrected chi connectivity index (χ4v) is 4.93. The summed E-state index contributed by atoms with van der Waals surface area (Å²) in [6.07, 6.45) is 1.13. The van der Waals surface area contributed by atoms with E-state index in [0.29, 0.717) is 62.8 Å². The van der Waals surface area contributed by atoms with Gasteiger partial charge in [-0.15, -0.1) is 0 Å². The molecule has 3 aromatic carbocycles. The van der Waals surface area contributed by atoms with Crippen molar-refractivity contribution in [1.29, 1.82) is 0 Å². The van der Waals surface area contributed by atoms with E-state index in [2.05, 4.69) is 0 Å². The molecule has 0 saturated heterocycles. The maximum absolute atomic E-state index is 13.2. The molecule has 0 radical (unpaired) electrons. The second-order valence-electron chi connectivity index (χ2n) is 9.94. The Morgan fingerprint density at radius 3 is 2.17 bits per heavy atom. The molecular weight excluding hydrogens is 464 g/mol. The normalized spacial score (nSPS) is 15.4. The van der Waals surface area contributed by atoms with E-state index < -0.39 is 17.3 Å². The predicted molar refractivity (Wildman–Crippen MR) is 135 cm³/mol. The highest BCUT2D eigenvalue weighted by molar-refractivity contribution is 6.18. The number of phenols is 1. The summed E-state index contributed by atoms with van der Waals surface area (Å²) in [7, 11) is 5.94. The molecule has 0 saturated carbocycles. The Kier molecular flexibility index (Phi) is 6.64. The molecule has 1 aliphatic carbocycles. The third kappa shape index (κ3) is 3.94. The number of esters is 2. The van der Waals surface area contributed by atoms with Crippen molar-refractivity contribution in [1.82, 2.24) is 0 Å². The number of hydrogen-bond donors (Lipinski definition) is 1. The summed E-state index contributed by atoms with van der Waals surface area (Å²) in [4.78, 5) is 25.6. The van der Waals surface area contributed by atoms with Crippen LogP contribution < -0.4 is 18.9 Å². The minimum Gasteiger partial charge on any atom is -0.507 e. The van der Waals surface area contributed by atoms with Crippen molar-refractivity contribution in [3.05, 3.63) is 29.3 Å². The average molecular weight is 497 g/mol. The highest BCUT2D eigenvalue weighted by atomic mass is 16.5. The Labute approximate surface area is 210 Å². The second-order valence-corrected chi connectivity index (χ2v) is 9.94. The number of hydrogen-bond acceptors (Lipinski definition) is 8. The largest absolute Gasteiger partial charge is 0.507 e. The van der Waals surface area contributed by atoms with Crippen LogP contribution in [0.3, 0.4) is 0 Å². The second kappa shape index (κ2) is 9.41. The molecule has 0 fully saturated rings. The smallest absolute Gasteiger partial charge is 0.316 e. The summed E-state index contributed by atoms with van der Waals surface area (Å²) in [6.45, 7) is 5.29. The minimum atomic E-state index is -0.801. The number of fused-ring (bicyclic) bond motifs is 3. The predicted octanol–water partition coefficient (Wildman–Crippen LogP) is 4.95. The summed E-state index contributed by atoms with van der Waals surface area (Å²) in [5.74, 6) is 0.342. The first-order valence-electron chi connectivity index (χ1n) is 11.8. The zero-order valence-electron chi connectivity index (χ0n) is 21.7. The lowest BCUT2D eigenvalue weighted by atomic mass is 9.80. The Bertz CT molecular complexity index is 1370. The van der Waals surface area contributed by atoms with Crippen LogP contribution in [0.4, 0.5) is 0 Å². The van der Waals surface area contributed by atoms with Crippen molar-refractivity contribution in [3.63, 3.8) is 0 Å². The van der Waals surface area contributed by atoms with Gasteiger partial charge >= 0.3 is 11.9 Å². The first-order chi connectivity index (χ1) is 17.1. The molecule has 0 aromatic heterocycles. The maximum Gasteiger partial charge on any atom is 0.316 e. The first kappa shape index (κ1) is 25.4. The third-order valence-corrected chi connectivity index (χ3v) is 6.75. The van der Waals surface area contributed by atoms with Crippen LogP contribution in [0.25, 0.3) is 21.5 Å². The monoisotopic (exact) mass is 496 g/mol. The highest BCUT2D eigenvalue weighted by Gasteiger charge is 2.36. The number of phenolic OH excluding ortho intramolecular Hbond substituents is 1. The van der Waals surface area contributed by atoms with Crippen LogP contribution in [0.2, 0.25) is 0 Å². The fraction of sp³-hybridized carbons (Fsp3) is 0.429. The molecule has 1 aliphatic rings. The molecule has 0 amide bonds. The van der Waals surface area contributed by atoms with E-state index in [9.17, 15) is 14.7 Å². The molecule has 8 heteroatoms. The van der Waals surface area contributed by atoms with Gasteiger partial charge in [-0.3, -0.25) is 9.59 Å². The van der Waals surface area contributed by atoms with Gasteiger partial charge in [0.15, 0.2) is 0 Å². The molecule has 1 unspecified atom stereocenters. The molecule has 1 atom stereocenters. The van der Waals surface area contributed by atoms with Crippen LogP contribution in [0, 0.1) is 11.3 Å². The maximum atomic E-state index is 13.2. The Morgan fingerprint density at radius 2 is 1.58 bits per heavy atom. The minimum absolute atomic E-state index is 0.00169. The number of benzene rings is 3. The number of aromatic hydroxyl groups is 1. The summed E-state index contributed by atoms with van der Waals surface area (Å²) in [5.41, 5.74) is 0.390. The summed E-state index contributed by atoms with van der Waals surface area (Å²) in [6, 6.07) is 5.47. The van der Waals surface area contributed by atoms with E-state index in [1.54, 1.807) is 33.9 Å². The third-order valence-electron chi connectivity index (χ3n) is 6.75. The topological polar surface area (TPSA) is 101 Å². The molecule has 192 valence electrons. The van der Waals surface area contributed by atoms with Gasteiger partial charge in [-0.05, 0) is 46.1 Å². The molecule has 4 rings (SSSR count). The van der Waals surface area contributed by atoms with E-state index in [4.69, 9.17) is 23.7 Å². The van der Waals surface area contributed by atoms with Gasteiger partial charge < -0.3 is 28.8 Å². The Balaban J connectivity index is 2.21. The summed E-state index contributed by atoms with van der Waals surface area (Å²) < 4.78 is 28.4. The molecule has 0 heterocycles. The lowest BCUT2D eigenvalue weighted by Crippen LogP contribution is -2.28. The van der Waals surface area contributed by atoms with Gasteiger partial charge in [0.1, 0.15) is 28.7 Å². The van der Waals surface area contributed by atoms with Gasteiger partial charge in [0.2, 0.25) is 0 Å². The van der Waals surface area contributed by atoms with Crippen LogP contribution >= 0.6 is 0 Å². The zero-order valence-corrected chi connectivity index (χ0v) is 21.7. The highest BCUT2D eigenvalue weighted by Crippen LogP contribution is 2.55. The van der Waals surface area contributed by atoms with E-state index in [0.717, 1.165) is 0 Å². The average Bonchev–Trinajstić information content (AvgIpc) is 2.87. The first-order valence-corrected chi connectivity index (χ1v) is 11.8. The van der Waals surface area contributed by atoms with Gasteiger partial charge in [-0.1, -0.05) is 12.1 Å². The van der Waals surface area contributed by atoms with Crippen molar-refractivity contribution in [3.8, 4) is 28.7 Å². The molecule has 0 bridgehead atoms. The van der Waals surface area contributed by atoms with Crippen molar-refractivity contribution >= 4 is 33.5 Å². The van der Waals surface area contributed by atoms with E-state index in [-0.39, 0.29) is 23.9 Å². The standard InChI is InChI=1S/C28H32O8/c1-28(2,3)27(31)36-24-17-13-14(26(30)35-7)11-12-15(17)22(29)20-21(24)23(33-5)16-9-8-10-18(32-4)19(16)25(20)34-6/h8-10,14,29H,11-13H2,1-7H3. The molecule has 36 heavy (non-hydrogen) atoms. The molecule has 3 aromatic rings. The molecular formula is C28H32O8. The number of carbonyl (C=O) groups is 2. The molecule has 0 spiro atoms. The molecule has 1 N–H and O–H groups in total. The van der Waals surface area contributed by atoms with E-state index in [1.807, 2.05) is 12.1 Å². The van der Waals surface area contributed by atoms with Crippen LogP contribution in [-0.4, -0.2) is 45.5 Å². The van der Waals surface area contributed by atoms with Gasteiger partial charge in [-0.25, -0.2) is 0 Å². The lowest BCUT2D eigenvalue weighted by molar-refractivity contribution is -0.145. The van der Waals surface area contributed by atoms with Gasteiger partial charge in [0.25, 0.3) is 0 Å². The van der Waals surface area contributed by atoms with E-state index >= 15 is 0 Å². The van der Waals surface area contributed by atoms with Crippen LogP contribution in [0.5, 0.6) is 28.7 Å². The lowest BCUT2D eigenvalue weighted by Gasteiger charge is -2.29. The quantitative estimate of drug-likeness (QED) is 0.301. The number of carbonyl (C=O) groups excluding carboxylic acids is 2. The summed E-state index contributed by atoms with van der Waals surface area (Å²) in [5, 5.41) is 13.7. The van der Waals surface area contributed by atoms with Crippen molar-refractivity contribution in [2.24, 2.45) is 11.3 Å². The molecule has 8 nitrogen and oxygen atoms in total. The molecule has 0 aliphatic heterocycles. The Morgan fingerprint density at radius 1 is 0.889 bits per heavy atom. The number of methoxy groups -OCH3 is 4. The zero-order chi connectivity index (χ0) is 26.4. The van der Waals surface area contributed by atoms with Crippen LogP contribution in [0.1, 0.15) is 38.3 Å². The van der Waals surface area contributed by atoms with Crippen molar-refractivity contribution < 1.29 is 38.4 Å². The number of ether oxygens (including phenoxy) is 5. The Hall–Kier alpha value is -3.68. The number of rotatable bonds is 5. The van der Waals surface area contributed by atoms with Crippen molar-refractivity contribution in [2.75, 3.05) is 28.4 Å². The summed E-state index contributed by atoms with van der Waals surface area (Å²) >= 11 is 0. The van der Waals surface area contributed by atoms with Crippen molar-refractivity contribution in [2.45, 2.75) is 40.0 Å². The van der Waals surface area contributed by atoms with Gasteiger partial charge in [0, 0.05) is 16.5 Å². The van der Waals surface area contributed by atoms with Gasteiger partial charge in [0.05, 0.1) is 55.9 Å².